The summed E-state index contributed by atoms with van der Waals surface area (Å²) in [6.45, 7) is 1.96. The van der Waals surface area contributed by atoms with Crippen LogP contribution in [0.15, 0.2) is 24.7 Å². The Morgan fingerprint density at radius 2 is 1.96 bits per heavy atom. The van der Waals surface area contributed by atoms with E-state index < -0.39 is 5.82 Å². The van der Waals surface area contributed by atoms with Crippen molar-refractivity contribution in [1.82, 2.24) is 20.3 Å². The molecule has 2 saturated heterocycles. The van der Waals surface area contributed by atoms with Crippen LogP contribution in [-0.4, -0.2) is 45.6 Å². The Morgan fingerprint density at radius 1 is 1.23 bits per heavy atom. The van der Waals surface area contributed by atoms with Crippen LogP contribution in [0.3, 0.4) is 0 Å². The first-order chi connectivity index (χ1) is 12.6. The summed E-state index contributed by atoms with van der Waals surface area (Å²) < 4.78 is 14.3. The van der Waals surface area contributed by atoms with Gasteiger partial charge in [-0.05, 0) is 24.3 Å². The molecule has 0 aromatic carbocycles. The third-order valence-corrected chi connectivity index (χ3v) is 5.35. The van der Waals surface area contributed by atoms with Crippen LogP contribution in [0.25, 0.3) is 11.3 Å². The van der Waals surface area contributed by atoms with Crippen LogP contribution in [-0.2, 0) is 11.4 Å². The Kier molecular flexibility index (Phi) is 4.28. The highest BCUT2D eigenvalue weighted by Gasteiger charge is 2.41. The molecular formula is C18H20FN5O2. The molecule has 0 bridgehead atoms. The summed E-state index contributed by atoms with van der Waals surface area (Å²) in [6, 6.07) is 1.44. The van der Waals surface area contributed by atoms with Gasteiger partial charge in [-0.2, -0.15) is 0 Å². The van der Waals surface area contributed by atoms with Crippen molar-refractivity contribution in [3.05, 3.63) is 36.0 Å². The molecule has 1 amide bonds. The smallest absolute Gasteiger partial charge is 0.225 e. The Bertz CT molecular complexity index is 819. The van der Waals surface area contributed by atoms with Crippen LogP contribution in [0, 0.1) is 11.2 Å². The number of piperidine rings is 1. The molecule has 0 unspecified atom stereocenters. The molecule has 2 fully saturated rings. The van der Waals surface area contributed by atoms with E-state index in [0.717, 1.165) is 32.5 Å². The molecule has 0 radical (unpaired) electrons. The van der Waals surface area contributed by atoms with Gasteiger partial charge in [-0.3, -0.25) is 9.78 Å². The number of anilines is 1. The summed E-state index contributed by atoms with van der Waals surface area (Å²) in [4.78, 5) is 26.4. The lowest BCUT2D eigenvalue weighted by atomic mass is 9.78. The first kappa shape index (κ1) is 16.8. The second kappa shape index (κ2) is 6.60. The van der Waals surface area contributed by atoms with Gasteiger partial charge < -0.3 is 15.3 Å². The van der Waals surface area contributed by atoms with Crippen LogP contribution in [0.4, 0.5) is 10.3 Å². The van der Waals surface area contributed by atoms with E-state index in [0.29, 0.717) is 17.9 Å². The van der Waals surface area contributed by atoms with Crippen molar-refractivity contribution >= 4 is 11.9 Å². The number of hydrogen-bond acceptors (Lipinski definition) is 6. The number of halogens is 1. The molecule has 0 aliphatic carbocycles. The lowest BCUT2D eigenvalue weighted by Crippen LogP contribution is -2.41. The highest BCUT2D eigenvalue weighted by Crippen LogP contribution is 2.38. The molecule has 2 aromatic rings. The highest BCUT2D eigenvalue weighted by atomic mass is 19.1. The number of aliphatic hydroxyl groups is 1. The predicted molar refractivity (Wildman–Crippen MR) is 92.7 cm³/mol. The topological polar surface area (TPSA) is 91.2 Å². The SMILES string of the molecule is O=C1CC2(CCN(c3ncc(-c4nccc(CO)c4F)cn3)CC2)CN1. The van der Waals surface area contributed by atoms with Crippen LogP contribution >= 0.6 is 0 Å². The molecule has 2 N–H and O–H groups in total. The number of pyridine rings is 1. The quantitative estimate of drug-likeness (QED) is 0.860. The number of aromatic nitrogens is 3. The Balaban J connectivity index is 1.48. The van der Waals surface area contributed by atoms with E-state index in [-0.39, 0.29) is 29.2 Å². The lowest BCUT2D eigenvalue weighted by molar-refractivity contribution is -0.119. The Labute approximate surface area is 150 Å². The van der Waals surface area contributed by atoms with Crippen molar-refractivity contribution < 1.29 is 14.3 Å². The average molecular weight is 357 g/mol. The van der Waals surface area contributed by atoms with Crippen molar-refractivity contribution in [2.75, 3.05) is 24.5 Å². The van der Waals surface area contributed by atoms with Crippen molar-refractivity contribution in [3.8, 4) is 11.3 Å². The maximum Gasteiger partial charge on any atom is 0.225 e. The molecule has 26 heavy (non-hydrogen) atoms. The molecule has 4 rings (SSSR count). The van der Waals surface area contributed by atoms with Gasteiger partial charge in [0.05, 0.1) is 6.61 Å². The molecule has 2 aromatic heterocycles. The van der Waals surface area contributed by atoms with Gasteiger partial charge in [0, 0.05) is 55.8 Å². The van der Waals surface area contributed by atoms with Gasteiger partial charge >= 0.3 is 0 Å². The van der Waals surface area contributed by atoms with Crippen molar-refractivity contribution in [3.63, 3.8) is 0 Å². The van der Waals surface area contributed by atoms with E-state index in [2.05, 4.69) is 25.2 Å². The first-order valence-electron chi connectivity index (χ1n) is 8.69. The number of aliphatic hydroxyl groups excluding tert-OH is 1. The van der Waals surface area contributed by atoms with E-state index in [1.807, 2.05) is 0 Å². The fourth-order valence-electron chi connectivity index (χ4n) is 3.70. The normalized spacial score (nSPS) is 19.0. The third kappa shape index (κ3) is 3.01. The van der Waals surface area contributed by atoms with Gasteiger partial charge in [-0.1, -0.05) is 0 Å². The standard InChI is InChI=1S/C18H20FN5O2/c19-15-12(10-25)1-4-20-16(15)13-8-21-17(22-9-13)24-5-2-18(3-6-24)7-14(26)23-11-18/h1,4,8-9,25H,2-3,5-7,10-11H2,(H,23,26). The zero-order valence-electron chi connectivity index (χ0n) is 14.3. The molecule has 7 nitrogen and oxygen atoms in total. The van der Waals surface area contributed by atoms with Gasteiger partial charge in [-0.15, -0.1) is 0 Å². The summed E-state index contributed by atoms with van der Waals surface area (Å²) >= 11 is 0. The average Bonchev–Trinajstić information content (AvgIpc) is 3.03. The number of nitrogens with zero attached hydrogens (tertiary/aromatic N) is 4. The molecular weight excluding hydrogens is 337 g/mol. The molecule has 8 heteroatoms. The maximum atomic E-state index is 14.3. The fourth-order valence-corrected chi connectivity index (χ4v) is 3.70. The van der Waals surface area contributed by atoms with Gasteiger partial charge in [0.1, 0.15) is 5.69 Å². The molecule has 1 spiro atoms. The minimum Gasteiger partial charge on any atom is -0.392 e. The van der Waals surface area contributed by atoms with Crippen LogP contribution in [0.2, 0.25) is 0 Å². The van der Waals surface area contributed by atoms with Crippen molar-refractivity contribution in [2.45, 2.75) is 25.9 Å². The minimum absolute atomic E-state index is 0.0747. The molecule has 4 heterocycles. The lowest BCUT2D eigenvalue weighted by Gasteiger charge is -2.38. The number of rotatable bonds is 3. The summed E-state index contributed by atoms with van der Waals surface area (Å²) in [5, 5.41) is 12.1. The minimum atomic E-state index is -0.551. The first-order valence-corrected chi connectivity index (χ1v) is 8.69. The number of carbonyl (C=O) groups is 1. The molecule has 2 aliphatic rings. The third-order valence-electron chi connectivity index (χ3n) is 5.35. The largest absolute Gasteiger partial charge is 0.392 e. The van der Waals surface area contributed by atoms with E-state index in [4.69, 9.17) is 0 Å². The van der Waals surface area contributed by atoms with Gasteiger partial charge in [0.2, 0.25) is 11.9 Å². The van der Waals surface area contributed by atoms with Gasteiger partial charge in [-0.25, -0.2) is 14.4 Å². The van der Waals surface area contributed by atoms with Crippen molar-refractivity contribution in [1.29, 1.82) is 0 Å². The summed E-state index contributed by atoms with van der Waals surface area (Å²) in [7, 11) is 0. The van der Waals surface area contributed by atoms with E-state index >= 15 is 0 Å². The Morgan fingerprint density at radius 3 is 2.58 bits per heavy atom. The summed E-state index contributed by atoms with van der Waals surface area (Å²) in [5.74, 6) is 0.183. The van der Waals surface area contributed by atoms with E-state index in [1.54, 1.807) is 12.4 Å². The number of carbonyl (C=O) groups excluding carboxylic acids is 1. The molecule has 2 aliphatic heterocycles. The van der Waals surface area contributed by atoms with Crippen LogP contribution in [0.5, 0.6) is 0 Å². The predicted octanol–water partition coefficient (Wildman–Crippen LogP) is 1.28. The zero-order valence-corrected chi connectivity index (χ0v) is 14.3. The second-order valence-electron chi connectivity index (χ2n) is 7.00. The molecule has 136 valence electrons. The number of amides is 1. The molecule has 0 saturated carbocycles. The monoisotopic (exact) mass is 357 g/mol. The fraction of sp³-hybridized carbons (Fsp3) is 0.444. The van der Waals surface area contributed by atoms with E-state index in [9.17, 15) is 14.3 Å². The summed E-state index contributed by atoms with van der Waals surface area (Å²) in [5.41, 5.74) is 0.877. The van der Waals surface area contributed by atoms with E-state index in [1.165, 1.54) is 12.3 Å². The molecule has 0 atom stereocenters. The van der Waals surface area contributed by atoms with Crippen LogP contribution in [0.1, 0.15) is 24.8 Å². The Hall–Kier alpha value is -2.61. The van der Waals surface area contributed by atoms with Gasteiger partial charge in [0.15, 0.2) is 5.82 Å². The van der Waals surface area contributed by atoms with Crippen molar-refractivity contribution in [2.24, 2.45) is 5.41 Å². The van der Waals surface area contributed by atoms with Crippen LogP contribution < -0.4 is 10.2 Å². The highest BCUT2D eigenvalue weighted by molar-refractivity contribution is 5.79. The maximum absolute atomic E-state index is 14.3. The second-order valence-corrected chi connectivity index (χ2v) is 7.00. The summed E-state index contributed by atoms with van der Waals surface area (Å²) in [6.07, 6.45) is 7.02. The van der Waals surface area contributed by atoms with Gasteiger partial charge in [0.25, 0.3) is 0 Å². The zero-order chi connectivity index (χ0) is 18.1. The number of nitrogens with one attached hydrogen (secondary N) is 1. The number of hydrogen-bond donors (Lipinski definition) is 2.